The number of aliphatic carboxylic acids is 1. The van der Waals surface area contributed by atoms with Gasteiger partial charge in [-0.05, 0) is 11.6 Å². The second-order valence-electron chi connectivity index (χ2n) is 3.24. The van der Waals surface area contributed by atoms with Crippen LogP contribution in [-0.2, 0) is 11.2 Å². The summed E-state index contributed by atoms with van der Waals surface area (Å²) in [5.74, 6) is 1.31. The molecule has 0 saturated heterocycles. The molecule has 0 unspecified atom stereocenters. The van der Waals surface area contributed by atoms with Gasteiger partial charge in [0.2, 0.25) is 0 Å². The molecule has 1 aromatic carbocycles. The lowest BCUT2D eigenvalue weighted by atomic mass is 10.1. The molecule has 0 radical (unpaired) electrons. The maximum Gasteiger partial charge on any atom is 0.320 e. The Morgan fingerprint density at radius 3 is 2.71 bits per heavy atom. The number of hydrogen-bond donors (Lipinski definition) is 3. The Morgan fingerprint density at radius 2 is 2.06 bits per heavy atom. The normalized spacial score (nSPS) is 9.12. The Kier molecular flexibility index (Phi) is 4.58. The molecule has 5 heteroatoms. The van der Waals surface area contributed by atoms with Crippen LogP contribution in [0.3, 0.4) is 0 Å². The number of para-hydroxylation sites is 1. The van der Waals surface area contributed by atoms with Gasteiger partial charge in [0, 0.05) is 5.69 Å². The summed E-state index contributed by atoms with van der Waals surface area (Å²) in [5, 5.41) is 13.7. The van der Waals surface area contributed by atoms with Crippen LogP contribution < -0.4 is 10.6 Å². The SMILES string of the molecule is C#CCNC(=O)Nc1ccccc1CC(=O)O. The third-order valence-corrected chi connectivity index (χ3v) is 1.96. The fraction of sp³-hybridized carbons (Fsp3) is 0.167. The molecule has 0 aliphatic rings. The van der Waals surface area contributed by atoms with Crippen molar-refractivity contribution in [1.29, 1.82) is 0 Å². The Balaban J connectivity index is 2.73. The van der Waals surface area contributed by atoms with E-state index in [1.807, 2.05) is 0 Å². The summed E-state index contributed by atoms with van der Waals surface area (Å²) >= 11 is 0. The second kappa shape index (κ2) is 6.18. The minimum absolute atomic E-state index is 0.118. The molecule has 17 heavy (non-hydrogen) atoms. The minimum Gasteiger partial charge on any atom is -0.481 e. The van der Waals surface area contributed by atoms with Gasteiger partial charge in [0.1, 0.15) is 0 Å². The lowest BCUT2D eigenvalue weighted by Crippen LogP contribution is -2.29. The number of terminal acetylenes is 1. The topological polar surface area (TPSA) is 78.4 Å². The average Bonchev–Trinajstić information content (AvgIpc) is 2.28. The van der Waals surface area contributed by atoms with Gasteiger partial charge in [-0.3, -0.25) is 4.79 Å². The summed E-state index contributed by atoms with van der Waals surface area (Å²) in [6.07, 6.45) is 4.85. The molecule has 0 aliphatic heterocycles. The predicted molar refractivity (Wildman–Crippen MR) is 63.6 cm³/mol. The van der Waals surface area contributed by atoms with Gasteiger partial charge in [0.05, 0.1) is 13.0 Å². The maximum atomic E-state index is 11.3. The first-order valence-electron chi connectivity index (χ1n) is 4.91. The van der Waals surface area contributed by atoms with E-state index in [0.29, 0.717) is 11.3 Å². The van der Waals surface area contributed by atoms with Gasteiger partial charge in [-0.15, -0.1) is 6.42 Å². The second-order valence-corrected chi connectivity index (χ2v) is 3.24. The van der Waals surface area contributed by atoms with Crippen molar-refractivity contribution >= 4 is 17.7 Å². The van der Waals surface area contributed by atoms with Crippen molar-refractivity contribution in [2.45, 2.75) is 6.42 Å². The van der Waals surface area contributed by atoms with Crippen LogP contribution >= 0.6 is 0 Å². The van der Waals surface area contributed by atoms with Crippen LogP contribution in [0.2, 0.25) is 0 Å². The van der Waals surface area contributed by atoms with Crippen LogP contribution in [-0.4, -0.2) is 23.7 Å². The van der Waals surface area contributed by atoms with E-state index >= 15 is 0 Å². The summed E-state index contributed by atoms with van der Waals surface area (Å²) in [6.45, 7) is 0.118. The first-order chi connectivity index (χ1) is 8.13. The van der Waals surface area contributed by atoms with Gasteiger partial charge >= 0.3 is 12.0 Å². The molecule has 1 aromatic rings. The summed E-state index contributed by atoms with van der Waals surface area (Å²) in [5.41, 5.74) is 1.00. The van der Waals surface area contributed by atoms with Crippen LogP contribution in [0.5, 0.6) is 0 Å². The van der Waals surface area contributed by atoms with Gasteiger partial charge in [-0.1, -0.05) is 24.1 Å². The number of carboxylic acid groups (broad SMARTS) is 1. The van der Waals surface area contributed by atoms with Crippen LogP contribution in [0.25, 0.3) is 0 Å². The lowest BCUT2D eigenvalue weighted by Gasteiger charge is -2.09. The number of carbonyl (C=O) groups excluding carboxylic acids is 1. The molecular formula is C12H12N2O3. The van der Waals surface area contributed by atoms with Crippen molar-refractivity contribution in [2.24, 2.45) is 0 Å². The van der Waals surface area contributed by atoms with Crippen LogP contribution in [0.1, 0.15) is 5.56 Å². The number of benzene rings is 1. The monoisotopic (exact) mass is 232 g/mol. The van der Waals surface area contributed by atoms with Gasteiger partial charge in [-0.2, -0.15) is 0 Å². The standard InChI is InChI=1S/C12H12N2O3/c1-2-7-13-12(17)14-10-6-4-3-5-9(10)8-11(15)16/h1,3-6H,7-8H2,(H,15,16)(H2,13,14,17). The Hall–Kier alpha value is -2.48. The van der Waals surface area contributed by atoms with E-state index in [4.69, 9.17) is 11.5 Å². The molecule has 3 N–H and O–H groups in total. The van der Waals surface area contributed by atoms with Crippen LogP contribution in [0, 0.1) is 12.3 Å². The van der Waals surface area contributed by atoms with Crippen LogP contribution in [0.4, 0.5) is 10.5 Å². The largest absolute Gasteiger partial charge is 0.481 e. The molecule has 0 fully saturated rings. The zero-order valence-electron chi connectivity index (χ0n) is 9.06. The molecule has 1 rings (SSSR count). The fourth-order valence-electron chi connectivity index (χ4n) is 1.26. The molecule has 0 atom stereocenters. The molecule has 0 heterocycles. The summed E-state index contributed by atoms with van der Waals surface area (Å²) in [4.78, 5) is 22.0. The first-order valence-corrected chi connectivity index (χ1v) is 4.91. The zero-order chi connectivity index (χ0) is 12.7. The number of urea groups is 1. The van der Waals surface area contributed by atoms with Crippen molar-refractivity contribution in [3.63, 3.8) is 0 Å². The summed E-state index contributed by atoms with van der Waals surface area (Å²) < 4.78 is 0. The Bertz CT molecular complexity index is 463. The van der Waals surface area contributed by atoms with Crippen molar-refractivity contribution in [2.75, 3.05) is 11.9 Å². The highest BCUT2D eigenvalue weighted by Crippen LogP contribution is 2.15. The fourth-order valence-corrected chi connectivity index (χ4v) is 1.26. The molecule has 0 aromatic heterocycles. The number of hydrogen-bond acceptors (Lipinski definition) is 2. The Labute approximate surface area is 98.8 Å². The van der Waals surface area contributed by atoms with E-state index in [9.17, 15) is 9.59 Å². The minimum atomic E-state index is -0.955. The highest BCUT2D eigenvalue weighted by molar-refractivity contribution is 5.91. The third-order valence-electron chi connectivity index (χ3n) is 1.96. The zero-order valence-corrected chi connectivity index (χ0v) is 9.06. The van der Waals surface area contributed by atoms with E-state index < -0.39 is 12.0 Å². The quantitative estimate of drug-likeness (QED) is 0.679. The molecule has 0 saturated carbocycles. The smallest absolute Gasteiger partial charge is 0.320 e. The molecule has 5 nitrogen and oxygen atoms in total. The van der Waals surface area contributed by atoms with Gasteiger partial charge in [0.25, 0.3) is 0 Å². The summed E-state index contributed by atoms with van der Waals surface area (Å²) in [6, 6.07) is 6.24. The van der Waals surface area contributed by atoms with Gasteiger partial charge in [-0.25, -0.2) is 4.79 Å². The van der Waals surface area contributed by atoms with Gasteiger partial charge < -0.3 is 15.7 Å². The van der Waals surface area contributed by atoms with E-state index in [1.165, 1.54) is 0 Å². The number of rotatable bonds is 4. The number of nitrogens with one attached hydrogen (secondary N) is 2. The molecule has 0 aliphatic carbocycles. The van der Waals surface area contributed by atoms with Gasteiger partial charge in [0.15, 0.2) is 0 Å². The molecular weight excluding hydrogens is 220 g/mol. The van der Waals surface area contributed by atoms with E-state index in [-0.39, 0.29) is 13.0 Å². The van der Waals surface area contributed by atoms with Crippen molar-refractivity contribution in [1.82, 2.24) is 5.32 Å². The summed E-state index contributed by atoms with van der Waals surface area (Å²) in [7, 11) is 0. The molecule has 0 spiro atoms. The third kappa shape index (κ3) is 4.26. The van der Waals surface area contributed by atoms with Crippen LogP contribution in [0.15, 0.2) is 24.3 Å². The van der Waals surface area contributed by atoms with E-state index in [1.54, 1.807) is 24.3 Å². The molecule has 0 bridgehead atoms. The van der Waals surface area contributed by atoms with Crippen molar-refractivity contribution < 1.29 is 14.7 Å². The average molecular weight is 232 g/mol. The number of carbonyl (C=O) groups is 2. The van der Waals surface area contributed by atoms with Crippen molar-refractivity contribution in [3.05, 3.63) is 29.8 Å². The number of anilines is 1. The number of carboxylic acids is 1. The van der Waals surface area contributed by atoms with Crippen molar-refractivity contribution in [3.8, 4) is 12.3 Å². The molecule has 88 valence electrons. The Morgan fingerprint density at radius 1 is 1.35 bits per heavy atom. The van der Waals surface area contributed by atoms with E-state index in [0.717, 1.165) is 0 Å². The number of amides is 2. The lowest BCUT2D eigenvalue weighted by molar-refractivity contribution is -0.136. The molecule has 2 amide bonds. The highest BCUT2D eigenvalue weighted by atomic mass is 16.4. The highest BCUT2D eigenvalue weighted by Gasteiger charge is 2.08. The first kappa shape index (κ1) is 12.6. The van der Waals surface area contributed by atoms with E-state index in [2.05, 4.69) is 16.6 Å². The maximum absolute atomic E-state index is 11.3. The predicted octanol–water partition coefficient (Wildman–Crippen LogP) is 1.07.